The van der Waals surface area contributed by atoms with Gasteiger partial charge < -0.3 is 25.8 Å². The number of nitrogen functional groups attached to an aromatic ring is 1. The number of fused-ring (bicyclic) bond motifs is 1. The number of nitrogens with zero attached hydrogens (tertiary/aromatic N) is 4. The first-order valence-corrected chi connectivity index (χ1v) is 6.06. The fraction of sp³-hybridized carbons (Fsp3) is 0.417. The normalized spacial score (nSPS) is 32.7. The molecule has 1 aliphatic rings. The smallest absolute Gasteiger partial charge is 0.182 e. The quantitative estimate of drug-likeness (QED) is 0.467. The summed E-state index contributed by atoms with van der Waals surface area (Å²) >= 11 is 0. The molecule has 4 atom stereocenters. The second kappa shape index (κ2) is 4.64. The van der Waals surface area contributed by atoms with Crippen LogP contribution >= 0.6 is 0 Å². The van der Waals surface area contributed by atoms with Crippen LogP contribution in [0, 0.1) is 12.3 Å². The summed E-state index contributed by atoms with van der Waals surface area (Å²) in [7, 11) is 0. The SMILES string of the molecule is [2H]C#C[C@]1(CO)OC(n2cnc3c(N)ncnc32)[C@@H](O)[C@@H]1O. The topological polar surface area (TPSA) is 140 Å². The highest BCUT2D eigenvalue weighted by atomic mass is 16.6. The molecule has 5 N–H and O–H groups in total. The molecular weight excluding hydrogens is 278 g/mol. The highest BCUT2D eigenvalue weighted by molar-refractivity contribution is 5.81. The zero-order valence-corrected chi connectivity index (χ0v) is 10.7. The predicted molar refractivity (Wildman–Crippen MR) is 70.5 cm³/mol. The summed E-state index contributed by atoms with van der Waals surface area (Å²) in [6.07, 6.45) is 0.403. The number of ether oxygens (including phenoxy) is 1. The van der Waals surface area contributed by atoms with Crippen molar-refractivity contribution in [1.29, 1.82) is 0 Å². The number of aliphatic hydroxyl groups is 3. The van der Waals surface area contributed by atoms with Crippen molar-refractivity contribution in [3.8, 4) is 12.3 Å². The number of nitrogens with two attached hydrogens (primary N) is 1. The fourth-order valence-electron chi connectivity index (χ4n) is 2.34. The lowest BCUT2D eigenvalue weighted by atomic mass is 9.97. The molecular formula is C12H13N5O4. The lowest BCUT2D eigenvalue weighted by molar-refractivity contribution is -0.0911. The summed E-state index contributed by atoms with van der Waals surface area (Å²) in [5.74, 6) is 2.45. The molecule has 1 saturated heterocycles. The predicted octanol–water partition coefficient (Wildman–Crippen LogP) is -1.98. The standard InChI is InChI=1S/C12H13N5O4/c1-2-12(3-18)8(20)7(19)11(21-12)17-5-16-6-9(13)14-4-15-10(6)17/h1,4-5,7-8,11,18-20H,3H2,(H2,13,14,15)/t7-,8-,11?,12+/m0/s1/i1D. The number of hydrogen-bond donors (Lipinski definition) is 4. The second-order valence-corrected chi connectivity index (χ2v) is 4.70. The molecule has 110 valence electrons. The van der Waals surface area contributed by atoms with Gasteiger partial charge in [-0.25, -0.2) is 15.0 Å². The molecule has 1 unspecified atom stereocenters. The largest absolute Gasteiger partial charge is 0.392 e. The zero-order valence-electron chi connectivity index (χ0n) is 11.7. The van der Waals surface area contributed by atoms with E-state index in [-0.39, 0.29) is 5.82 Å². The van der Waals surface area contributed by atoms with Gasteiger partial charge in [-0.2, -0.15) is 0 Å². The third-order valence-corrected chi connectivity index (χ3v) is 3.53. The molecule has 0 bridgehead atoms. The number of hydrogen-bond acceptors (Lipinski definition) is 8. The van der Waals surface area contributed by atoms with Crippen LogP contribution in [0.3, 0.4) is 0 Å². The number of terminal acetylenes is 1. The van der Waals surface area contributed by atoms with Gasteiger partial charge in [0, 0.05) is 0 Å². The molecule has 0 aliphatic carbocycles. The van der Waals surface area contributed by atoms with Gasteiger partial charge in [-0.15, -0.1) is 6.40 Å². The molecule has 2 aromatic heterocycles. The van der Waals surface area contributed by atoms with E-state index in [2.05, 4.69) is 20.9 Å². The summed E-state index contributed by atoms with van der Waals surface area (Å²) in [5.41, 5.74) is 4.56. The average molecular weight is 292 g/mol. The first kappa shape index (κ1) is 12.5. The van der Waals surface area contributed by atoms with Gasteiger partial charge in [0.1, 0.15) is 25.4 Å². The molecule has 9 heteroatoms. The summed E-state index contributed by atoms with van der Waals surface area (Å²) < 4.78 is 13.8. The van der Waals surface area contributed by atoms with E-state index in [9.17, 15) is 15.3 Å². The molecule has 1 aliphatic heterocycles. The van der Waals surface area contributed by atoms with Crippen LogP contribution < -0.4 is 5.73 Å². The molecule has 2 aromatic rings. The summed E-state index contributed by atoms with van der Waals surface area (Å²) in [5, 5.41) is 29.8. The van der Waals surface area contributed by atoms with Crippen LogP contribution in [0.25, 0.3) is 11.2 Å². The first-order valence-electron chi connectivity index (χ1n) is 6.56. The summed E-state index contributed by atoms with van der Waals surface area (Å²) in [4.78, 5) is 11.9. The maximum atomic E-state index is 10.2. The van der Waals surface area contributed by atoms with Crippen molar-refractivity contribution in [2.24, 2.45) is 0 Å². The van der Waals surface area contributed by atoms with Gasteiger partial charge in [-0.05, 0) is 0 Å². The van der Waals surface area contributed by atoms with Gasteiger partial charge in [0.25, 0.3) is 0 Å². The molecule has 0 spiro atoms. The van der Waals surface area contributed by atoms with E-state index in [1.165, 1.54) is 17.2 Å². The van der Waals surface area contributed by atoms with Gasteiger partial charge in [0.15, 0.2) is 23.3 Å². The lowest BCUT2D eigenvalue weighted by Gasteiger charge is -2.23. The van der Waals surface area contributed by atoms with E-state index in [4.69, 9.17) is 11.8 Å². The van der Waals surface area contributed by atoms with Crippen molar-refractivity contribution >= 4 is 17.0 Å². The Hall–Kier alpha value is -2.25. The Morgan fingerprint density at radius 1 is 1.52 bits per heavy atom. The van der Waals surface area contributed by atoms with Gasteiger partial charge in [-0.3, -0.25) is 4.57 Å². The van der Waals surface area contributed by atoms with Crippen LogP contribution in [0.15, 0.2) is 12.7 Å². The van der Waals surface area contributed by atoms with Gasteiger partial charge in [0.2, 0.25) is 0 Å². The number of aliphatic hydroxyl groups excluding tert-OH is 3. The van der Waals surface area contributed by atoms with Gasteiger partial charge in [0.05, 0.1) is 12.9 Å². The maximum Gasteiger partial charge on any atom is 0.182 e. The highest BCUT2D eigenvalue weighted by Crippen LogP contribution is 2.37. The third-order valence-electron chi connectivity index (χ3n) is 3.53. The zero-order chi connectivity index (χ0) is 15.9. The van der Waals surface area contributed by atoms with Crippen molar-refractivity contribution in [1.82, 2.24) is 19.5 Å². The maximum absolute atomic E-state index is 10.2. The molecule has 0 saturated carbocycles. The average Bonchev–Trinajstić information content (AvgIpc) is 3.04. The molecule has 0 aromatic carbocycles. The van der Waals surface area contributed by atoms with E-state index >= 15 is 0 Å². The molecule has 0 amide bonds. The van der Waals surface area contributed by atoms with Crippen molar-refractivity contribution in [2.45, 2.75) is 24.0 Å². The van der Waals surface area contributed by atoms with Crippen LogP contribution in [0.2, 0.25) is 0 Å². The van der Waals surface area contributed by atoms with E-state index in [1.807, 2.05) is 6.40 Å². The molecule has 1 fully saturated rings. The molecule has 21 heavy (non-hydrogen) atoms. The number of rotatable bonds is 2. The first-order chi connectivity index (χ1) is 10.5. The Balaban J connectivity index is 2.08. The van der Waals surface area contributed by atoms with Crippen LogP contribution in [-0.2, 0) is 4.74 Å². The van der Waals surface area contributed by atoms with Crippen molar-refractivity contribution < 1.29 is 21.4 Å². The number of imidazole rings is 1. The Morgan fingerprint density at radius 3 is 3.05 bits per heavy atom. The summed E-state index contributed by atoms with van der Waals surface area (Å²) in [6, 6.07) is 0. The molecule has 3 rings (SSSR count). The van der Waals surface area contributed by atoms with E-state index in [0.717, 1.165) is 0 Å². The van der Waals surface area contributed by atoms with Gasteiger partial charge >= 0.3 is 0 Å². The Labute approximate surface area is 120 Å². The third kappa shape index (κ3) is 1.78. The monoisotopic (exact) mass is 292 g/mol. The van der Waals surface area contributed by atoms with Crippen LogP contribution in [-0.4, -0.2) is 59.3 Å². The van der Waals surface area contributed by atoms with Crippen molar-refractivity contribution in [3.05, 3.63) is 12.7 Å². The minimum atomic E-state index is -1.75. The lowest BCUT2D eigenvalue weighted by Crippen LogP contribution is -2.44. The van der Waals surface area contributed by atoms with Crippen molar-refractivity contribution in [3.63, 3.8) is 0 Å². The van der Waals surface area contributed by atoms with E-state index < -0.39 is 30.6 Å². The van der Waals surface area contributed by atoms with E-state index in [1.54, 1.807) is 0 Å². The fourth-order valence-corrected chi connectivity index (χ4v) is 2.34. The van der Waals surface area contributed by atoms with Crippen LogP contribution in [0.4, 0.5) is 5.82 Å². The highest BCUT2D eigenvalue weighted by Gasteiger charge is 2.54. The summed E-state index contributed by atoms with van der Waals surface area (Å²) in [6.45, 7) is -0.683. The second-order valence-electron chi connectivity index (χ2n) is 4.70. The van der Waals surface area contributed by atoms with Crippen LogP contribution in [0.5, 0.6) is 0 Å². The van der Waals surface area contributed by atoms with E-state index in [0.29, 0.717) is 11.2 Å². The minimum Gasteiger partial charge on any atom is -0.392 e. The minimum absolute atomic E-state index is 0.163. The van der Waals surface area contributed by atoms with Crippen LogP contribution in [0.1, 0.15) is 7.60 Å². The number of aromatic nitrogens is 4. The Kier molecular flexibility index (Phi) is 2.76. The Bertz CT molecular complexity index is 772. The van der Waals surface area contributed by atoms with Crippen molar-refractivity contribution in [2.75, 3.05) is 12.3 Å². The van der Waals surface area contributed by atoms with Gasteiger partial charge in [-0.1, -0.05) is 5.92 Å². The molecule has 3 heterocycles. The molecule has 9 nitrogen and oxygen atoms in total. The number of anilines is 1. The molecule has 0 radical (unpaired) electrons. The Morgan fingerprint density at radius 2 is 2.33 bits per heavy atom.